The molecule has 0 fully saturated rings. The van der Waals surface area contributed by atoms with E-state index < -0.39 is 0 Å². The molecular weight excluding hydrogens is 412 g/mol. The fourth-order valence-electron chi connectivity index (χ4n) is 4.62. The van der Waals surface area contributed by atoms with Crippen LogP contribution in [0.25, 0.3) is 22.4 Å². The summed E-state index contributed by atoms with van der Waals surface area (Å²) < 4.78 is 0. The van der Waals surface area contributed by atoms with Gasteiger partial charge in [-0.15, -0.1) is 11.3 Å². The zero-order valence-electron chi connectivity index (χ0n) is 18.0. The number of carbonyl (C=O) groups excluding carboxylic acids is 1. The predicted molar refractivity (Wildman–Crippen MR) is 132 cm³/mol. The highest BCUT2D eigenvalue weighted by Gasteiger charge is 2.31. The van der Waals surface area contributed by atoms with E-state index in [-0.39, 0.29) is 11.8 Å². The maximum atomic E-state index is 12.6. The summed E-state index contributed by atoms with van der Waals surface area (Å²) in [5.74, 6) is 0.0863. The smallest absolute Gasteiger partial charge is 0.246 e. The van der Waals surface area contributed by atoms with Gasteiger partial charge in [-0.05, 0) is 41.8 Å². The first-order valence-corrected chi connectivity index (χ1v) is 11.6. The highest BCUT2D eigenvalue weighted by Crippen LogP contribution is 2.43. The minimum atomic E-state index is -0.0180. The third-order valence-corrected chi connectivity index (χ3v) is 7.10. The van der Waals surface area contributed by atoms with Crippen LogP contribution in [0, 0.1) is 6.92 Å². The second-order valence-electron chi connectivity index (χ2n) is 8.06. The standard InChI is InChI=1S/C28H24N2OS/c1-3-27(31)30-17-25(24-16-19(2)32-26(24)18-30)22-13-8-7-12-21(22)23-14-9-15-29-28(23)20-10-5-4-6-11-20/h3-16,25H,1,17-18H2,2H3/t25-/m1/s1. The number of thiophene rings is 1. The van der Waals surface area contributed by atoms with Crippen LogP contribution < -0.4 is 0 Å². The van der Waals surface area contributed by atoms with Crippen molar-refractivity contribution in [2.24, 2.45) is 0 Å². The number of aryl methyl sites for hydroxylation is 1. The van der Waals surface area contributed by atoms with Crippen LogP contribution in [0.1, 0.15) is 26.8 Å². The zero-order valence-corrected chi connectivity index (χ0v) is 18.8. The molecule has 32 heavy (non-hydrogen) atoms. The van der Waals surface area contributed by atoms with Gasteiger partial charge < -0.3 is 4.90 Å². The lowest BCUT2D eigenvalue weighted by Crippen LogP contribution is -2.37. The average Bonchev–Trinajstić information content (AvgIpc) is 3.23. The lowest BCUT2D eigenvalue weighted by Gasteiger charge is -2.33. The van der Waals surface area contributed by atoms with Gasteiger partial charge in [-0.25, -0.2) is 0 Å². The normalized spacial score (nSPS) is 15.3. The molecule has 3 nitrogen and oxygen atoms in total. The van der Waals surface area contributed by atoms with Gasteiger partial charge in [0.05, 0.1) is 12.2 Å². The Morgan fingerprint density at radius 3 is 2.59 bits per heavy atom. The molecular formula is C28H24N2OS. The highest BCUT2D eigenvalue weighted by molar-refractivity contribution is 7.12. The summed E-state index contributed by atoms with van der Waals surface area (Å²) in [6.45, 7) is 7.15. The number of fused-ring (bicyclic) bond motifs is 1. The average molecular weight is 437 g/mol. The van der Waals surface area contributed by atoms with Gasteiger partial charge >= 0.3 is 0 Å². The van der Waals surface area contributed by atoms with Gasteiger partial charge in [-0.2, -0.15) is 0 Å². The largest absolute Gasteiger partial charge is 0.333 e. The van der Waals surface area contributed by atoms with Gasteiger partial charge in [-0.1, -0.05) is 67.2 Å². The maximum absolute atomic E-state index is 12.6. The van der Waals surface area contributed by atoms with Crippen LogP contribution in [0.15, 0.2) is 91.6 Å². The first-order valence-electron chi connectivity index (χ1n) is 10.8. The first kappa shape index (κ1) is 20.4. The van der Waals surface area contributed by atoms with Crippen molar-refractivity contribution < 1.29 is 4.79 Å². The molecule has 2 aromatic heterocycles. The van der Waals surface area contributed by atoms with E-state index in [4.69, 9.17) is 4.98 Å². The van der Waals surface area contributed by atoms with Crippen molar-refractivity contribution >= 4 is 17.2 Å². The fraction of sp³-hybridized carbons (Fsp3) is 0.143. The third-order valence-electron chi connectivity index (χ3n) is 6.05. The molecule has 1 aliphatic heterocycles. The van der Waals surface area contributed by atoms with Gasteiger partial charge in [-0.3, -0.25) is 9.78 Å². The first-order chi connectivity index (χ1) is 15.7. The quantitative estimate of drug-likeness (QED) is 0.345. The number of amides is 1. The minimum Gasteiger partial charge on any atom is -0.333 e. The molecule has 1 aliphatic rings. The molecule has 3 heterocycles. The Morgan fingerprint density at radius 1 is 1.03 bits per heavy atom. The summed E-state index contributed by atoms with van der Waals surface area (Å²) in [7, 11) is 0. The number of hydrogen-bond donors (Lipinski definition) is 0. The highest BCUT2D eigenvalue weighted by atomic mass is 32.1. The van der Waals surface area contributed by atoms with E-state index in [0.717, 1.165) is 22.4 Å². The topological polar surface area (TPSA) is 33.2 Å². The fourth-order valence-corrected chi connectivity index (χ4v) is 5.73. The zero-order chi connectivity index (χ0) is 22.1. The van der Waals surface area contributed by atoms with Crippen molar-refractivity contribution in [2.75, 3.05) is 6.54 Å². The number of benzene rings is 2. The molecule has 0 aliphatic carbocycles. The molecule has 1 amide bonds. The Hall–Kier alpha value is -3.50. The van der Waals surface area contributed by atoms with Gasteiger partial charge in [0, 0.05) is 39.5 Å². The maximum Gasteiger partial charge on any atom is 0.246 e. The molecule has 2 aromatic carbocycles. The molecule has 0 spiro atoms. The van der Waals surface area contributed by atoms with E-state index >= 15 is 0 Å². The molecule has 0 saturated carbocycles. The van der Waals surface area contributed by atoms with Crippen LogP contribution in [0.5, 0.6) is 0 Å². The summed E-state index contributed by atoms with van der Waals surface area (Å²) in [5.41, 5.74) is 6.88. The molecule has 0 N–H and O–H groups in total. The Morgan fingerprint density at radius 2 is 1.78 bits per heavy atom. The second-order valence-corrected chi connectivity index (χ2v) is 9.40. The molecule has 5 rings (SSSR count). The summed E-state index contributed by atoms with van der Waals surface area (Å²) in [6, 6.07) is 25.3. The van der Waals surface area contributed by atoms with Crippen molar-refractivity contribution in [3.63, 3.8) is 0 Å². The van der Waals surface area contributed by atoms with Crippen LogP contribution in [0.2, 0.25) is 0 Å². The van der Waals surface area contributed by atoms with Crippen LogP contribution in [-0.2, 0) is 11.3 Å². The molecule has 1 atom stereocenters. The van der Waals surface area contributed by atoms with E-state index in [0.29, 0.717) is 13.1 Å². The number of carbonyl (C=O) groups is 1. The Labute approximate surface area is 192 Å². The molecule has 4 aromatic rings. The summed E-state index contributed by atoms with van der Waals surface area (Å²) in [5, 5.41) is 0. The lowest BCUT2D eigenvalue weighted by atomic mass is 9.83. The van der Waals surface area contributed by atoms with E-state index in [1.165, 1.54) is 27.0 Å². The van der Waals surface area contributed by atoms with Gasteiger partial charge in [0.2, 0.25) is 5.91 Å². The summed E-state index contributed by atoms with van der Waals surface area (Å²) >= 11 is 1.78. The Balaban J connectivity index is 1.67. The minimum absolute atomic E-state index is 0.0180. The van der Waals surface area contributed by atoms with Crippen molar-refractivity contribution in [3.05, 3.63) is 113 Å². The van der Waals surface area contributed by atoms with E-state index in [1.54, 1.807) is 11.3 Å². The van der Waals surface area contributed by atoms with Crippen LogP contribution in [0.4, 0.5) is 0 Å². The van der Waals surface area contributed by atoms with Crippen LogP contribution in [-0.4, -0.2) is 22.3 Å². The molecule has 4 heteroatoms. The number of hydrogen-bond acceptors (Lipinski definition) is 3. The molecule has 0 radical (unpaired) electrons. The molecule has 0 saturated heterocycles. The Bertz CT molecular complexity index is 1290. The third kappa shape index (κ3) is 3.67. The van der Waals surface area contributed by atoms with E-state index in [2.05, 4.69) is 62.0 Å². The lowest BCUT2D eigenvalue weighted by molar-refractivity contribution is -0.127. The van der Waals surface area contributed by atoms with Crippen molar-refractivity contribution in [3.8, 4) is 22.4 Å². The van der Waals surface area contributed by atoms with Gasteiger partial charge in [0.1, 0.15) is 0 Å². The number of pyridine rings is 1. The van der Waals surface area contributed by atoms with Crippen LogP contribution in [0.3, 0.4) is 0 Å². The predicted octanol–water partition coefficient (Wildman–Crippen LogP) is 6.45. The molecule has 158 valence electrons. The Kier molecular flexibility index (Phi) is 5.46. The summed E-state index contributed by atoms with van der Waals surface area (Å²) in [4.78, 5) is 21.7. The number of aromatic nitrogens is 1. The van der Waals surface area contributed by atoms with Crippen molar-refractivity contribution in [1.82, 2.24) is 9.88 Å². The van der Waals surface area contributed by atoms with Crippen molar-refractivity contribution in [1.29, 1.82) is 0 Å². The SMILES string of the molecule is C=CC(=O)N1Cc2sc(C)cc2[C@@H](c2ccccc2-c2cccnc2-c2ccccc2)C1. The van der Waals surface area contributed by atoms with E-state index in [1.807, 2.05) is 35.4 Å². The summed E-state index contributed by atoms with van der Waals surface area (Å²) in [6.07, 6.45) is 3.27. The molecule has 0 unspecified atom stereocenters. The van der Waals surface area contributed by atoms with Crippen molar-refractivity contribution in [2.45, 2.75) is 19.4 Å². The van der Waals surface area contributed by atoms with Gasteiger partial charge in [0.15, 0.2) is 0 Å². The molecule has 0 bridgehead atoms. The van der Waals surface area contributed by atoms with Gasteiger partial charge in [0.25, 0.3) is 0 Å². The second kappa shape index (κ2) is 8.56. The monoisotopic (exact) mass is 436 g/mol. The van der Waals surface area contributed by atoms with Crippen LogP contribution >= 0.6 is 11.3 Å². The number of rotatable bonds is 4. The van der Waals surface area contributed by atoms with E-state index in [9.17, 15) is 4.79 Å². The number of nitrogens with zero attached hydrogens (tertiary/aromatic N) is 2.